The summed E-state index contributed by atoms with van der Waals surface area (Å²) < 4.78 is 5.88. The molecule has 0 N–H and O–H groups in total. The molecule has 1 nitrogen and oxygen atoms in total. The molecule has 0 atom stereocenters. The summed E-state index contributed by atoms with van der Waals surface area (Å²) in [6, 6.07) is 0. The molecule has 0 aromatic rings. The number of unbranched alkanes of at least 4 members (excludes halogenated alkanes) is 1. The van der Waals surface area contributed by atoms with Crippen LogP contribution in [0.15, 0.2) is 25.0 Å². The zero-order chi connectivity index (χ0) is 17.0. The van der Waals surface area contributed by atoms with Crippen molar-refractivity contribution in [3.8, 4) is 0 Å². The van der Waals surface area contributed by atoms with Crippen LogP contribution in [-0.2, 0) is 4.74 Å². The van der Waals surface area contributed by atoms with Crippen molar-refractivity contribution in [2.75, 3.05) is 0 Å². The molecule has 0 bridgehead atoms. The fourth-order valence-electron chi connectivity index (χ4n) is 4.59. The van der Waals surface area contributed by atoms with E-state index in [9.17, 15) is 0 Å². The summed E-state index contributed by atoms with van der Waals surface area (Å²) in [5.41, 5.74) is 0. The van der Waals surface area contributed by atoms with Crippen molar-refractivity contribution in [1.82, 2.24) is 0 Å². The van der Waals surface area contributed by atoms with Gasteiger partial charge in [-0.2, -0.15) is 0 Å². The third kappa shape index (κ3) is 7.45. The minimum absolute atomic E-state index is 0.495. The topological polar surface area (TPSA) is 9.23 Å². The summed E-state index contributed by atoms with van der Waals surface area (Å²) in [6.45, 7) is 6.07. The molecule has 0 saturated heterocycles. The van der Waals surface area contributed by atoms with Crippen molar-refractivity contribution < 1.29 is 4.74 Å². The Labute approximate surface area is 150 Å². The molecule has 0 aliphatic heterocycles. The highest BCUT2D eigenvalue weighted by Crippen LogP contribution is 2.37. The maximum absolute atomic E-state index is 5.88. The summed E-state index contributed by atoms with van der Waals surface area (Å²) >= 11 is 0. The zero-order valence-electron chi connectivity index (χ0n) is 16.1. The van der Waals surface area contributed by atoms with Crippen LogP contribution in [0.25, 0.3) is 0 Å². The largest absolute Gasteiger partial charge is 0.498 e. The maximum atomic E-state index is 5.88. The number of rotatable bonds is 10. The van der Waals surface area contributed by atoms with E-state index in [-0.39, 0.29) is 0 Å². The van der Waals surface area contributed by atoms with Crippen LogP contribution in [0.2, 0.25) is 0 Å². The minimum atomic E-state index is 0.495. The van der Waals surface area contributed by atoms with Gasteiger partial charge in [-0.25, -0.2) is 0 Å². The van der Waals surface area contributed by atoms with E-state index in [4.69, 9.17) is 4.74 Å². The van der Waals surface area contributed by atoms with Gasteiger partial charge in [0.25, 0.3) is 0 Å². The van der Waals surface area contributed by atoms with Crippen molar-refractivity contribution >= 4 is 0 Å². The third-order valence-corrected chi connectivity index (χ3v) is 6.34. The predicted octanol–water partition coefficient (Wildman–Crippen LogP) is 7.43. The Morgan fingerprint density at radius 3 is 1.88 bits per heavy atom. The molecule has 0 heterocycles. The van der Waals surface area contributed by atoms with Crippen LogP contribution in [0.1, 0.15) is 96.8 Å². The average Bonchev–Trinajstić information content (AvgIpc) is 2.64. The molecule has 1 heteroatoms. The molecular formula is C23H40O. The number of hydrogen-bond donors (Lipinski definition) is 0. The third-order valence-electron chi connectivity index (χ3n) is 6.34. The quantitative estimate of drug-likeness (QED) is 0.298. The van der Waals surface area contributed by atoms with Crippen LogP contribution >= 0.6 is 0 Å². The first kappa shape index (κ1) is 19.6. The molecule has 0 aromatic heterocycles. The first-order chi connectivity index (χ1) is 11.8. The maximum Gasteiger partial charge on any atom is 0.0978 e. The van der Waals surface area contributed by atoms with Crippen molar-refractivity contribution in [3.63, 3.8) is 0 Å². The Kier molecular flexibility index (Phi) is 9.61. The molecule has 2 rings (SSSR count). The van der Waals surface area contributed by atoms with Crippen LogP contribution < -0.4 is 0 Å². The smallest absolute Gasteiger partial charge is 0.0978 e. The number of allylic oxidation sites excluding steroid dienone is 2. The highest BCUT2D eigenvalue weighted by atomic mass is 16.5. The Morgan fingerprint density at radius 2 is 1.33 bits per heavy atom. The van der Waals surface area contributed by atoms with Gasteiger partial charge in [0.05, 0.1) is 12.4 Å². The van der Waals surface area contributed by atoms with Crippen molar-refractivity contribution in [3.05, 3.63) is 25.0 Å². The Morgan fingerprint density at radius 1 is 0.792 bits per heavy atom. The van der Waals surface area contributed by atoms with Gasteiger partial charge in [-0.15, -0.1) is 6.58 Å². The highest BCUT2D eigenvalue weighted by molar-refractivity contribution is 4.80. The van der Waals surface area contributed by atoms with E-state index in [1.807, 2.05) is 6.26 Å². The molecule has 2 aliphatic rings. The predicted molar refractivity (Wildman–Crippen MR) is 105 cm³/mol. The van der Waals surface area contributed by atoms with Crippen molar-refractivity contribution in [2.45, 2.75) is 103 Å². The Bertz CT molecular complexity index is 343. The summed E-state index contributed by atoms with van der Waals surface area (Å²) in [7, 11) is 0. The monoisotopic (exact) mass is 332 g/mol. The van der Waals surface area contributed by atoms with E-state index >= 15 is 0 Å². The first-order valence-electron chi connectivity index (χ1n) is 10.7. The molecule has 24 heavy (non-hydrogen) atoms. The van der Waals surface area contributed by atoms with Gasteiger partial charge < -0.3 is 4.74 Å². The lowest BCUT2D eigenvalue weighted by atomic mass is 9.76. The lowest BCUT2D eigenvalue weighted by molar-refractivity contribution is 0.0836. The van der Waals surface area contributed by atoms with Crippen molar-refractivity contribution in [1.29, 1.82) is 0 Å². The van der Waals surface area contributed by atoms with E-state index in [0.29, 0.717) is 6.10 Å². The molecule has 0 radical (unpaired) electrons. The molecule has 0 unspecified atom stereocenters. The van der Waals surface area contributed by atoms with Gasteiger partial charge in [-0.1, -0.05) is 57.9 Å². The molecule has 2 saturated carbocycles. The van der Waals surface area contributed by atoms with Crippen molar-refractivity contribution in [2.24, 2.45) is 17.8 Å². The van der Waals surface area contributed by atoms with Crippen LogP contribution in [-0.4, -0.2) is 6.10 Å². The SMILES string of the molecule is C=CCC[C@H]1CC[C@H](CC[C@H]2CC[C@H](OC=CCCC)CC2)CC1. The van der Waals surface area contributed by atoms with Gasteiger partial charge in [0, 0.05) is 0 Å². The van der Waals surface area contributed by atoms with Gasteiger partial charge in [0.2, 0.25) is 0 Å². The molecule has 0 aromatic carbocycles. The van der Waals surface area contributed by atoms with E-state index < -0.39 is 0 Å². The second-order valence-electron chi connectivity index (χ2n) is 8.27. The summed E-state index contributed by atoms with van der Waals surface area (Å²) in [5.74, 6) is 2.99. The van der Waals surface area contributed by atoms with E-state index in [1.165, 1.54) is 83.5 Å². The summed E-state index contributed by atoms with van der Waals surface area (Å²) in [4.78, 5) is 0. The summed E-state index contributed by atoms with van der Waals surface area (Å²) in [5, 5.41) is 0. The zero-order valence-corrected chi connectivity index (χ0v) is 16.1. The Balaban J connectivity index is 1.53. The fraction of sp³-hybridized carbons (Fsp3) is 0.826. The normalized spacial score (nSPS) is 31.2. The molecule has 0 spiro atoms. The lowest BCUT2D eigenvalue weighted by Gasteiger charge is -2.31. The van der Waals surface area contributed by atoms with E-state index in [2.05, 4.69) is 25.7 Å². The second kappa shape index (κ2) is 11.8. The van der Waals surface area contributed by atoms with Crippen LogP contribution in [0.3, 0.4) is 0 Å². The van der Waals surface area contributed by atoms with Gasteiger partial charge in [-0.3, -0.25) is 0 Å². The van der Waals surface area contributed by atoms with Crippen LogP contribution in [0.5, 0.6) is 0 Å². The molecular weight excluding hydrogens is 292 g/mol. The highest BCUT2D eigenvalue weighted by Gasteiger charge is 2.24. The van der Waals surface area contributed by atoms with E-state index in [1.54, 1.807) is 0 Å². The molecule has 0 amide bonds. The Hall–Kier alpha value is -0.720. The van der Waals surface area contributed by atoms with Gasteiger partial charge in [0.1, 0.15) is 0 Å². The average molecular weight is 333 g/mol. The van der Waals surface area contributed by atoms with Crippen LogP contribution in [0.4, 0.5) is 0 Å². The standard InChI is InChI=1S/C23H40O/c1-3-5-7-19-24-23-17-15-22(16-18-23)14-13-21-11-9-20(10-12-21)8-6-4-2/h4,7,19-23H,2-3,5-6,8-18H2,1H3/t20-,21-,22-,23-. The lowest BCUT2D eigenvalue weighted by Crippen LogP contribution is -2.21. The van der Waals surface area contributed by atoms with Crippen LogP contribution in [0, 0.1) is 17.8 Å². The first-order valence-corrected chi connectivity index (χ1v) is 10.7. The molecule has 138 valence electrons. The second-order valence-corrected chi connectivity index (χ2v) is 8.27. The van der Waals surface area contributed by atoms with Gasteiger partial charge in [-0.05, 0) is 68.8 Å². The number of hydrogen-bond acceptors (Lipinski definition) is 1. The van der Waals surface area contributed by atoms with E-state index in [0.717, 1.165) is 24.2 Å². The minimum Gasteiger partial charge on any atom is -0.498 e. The fourth-order valence-corrected chi connectivity index (χ4v) is 4.59. The van der Waals surface area contributed by atoms with Gasteiger partial charge >= 0.3 is 0 Å². The molecule has 2 aliphatic carbocycles. The summed E-state index contributed by atoms with van der Waals surface area (Å²) in [6.07, 6.45) is 25.9. The van der Waals surface area contributed by atoms with Gasteiger partial charge in [0.15, 0.2) is 0 Å². The molecule has 2 fully saturated rings. The number of ether oxygens (including phenoxy) is 1.